The molecule has 3 nitrogen and oxygen atoms in total. The van der Waals surface area contributed by atoms with Crippen LogP contribution in [0.2, 0.25) is 10.0 Å². The highest BCUT2D eigenvalue weighted by Gasteiger charge is 2.15. The van der Waals surface area contributed by atoms with Crippen LogP contribution in [0.3, 0.4) is 0 Å². The monoisotopic (exact) mass is 365 g/mol. The van der Waals surface area contributed by atoms with Crippen LogP contribution >= 0.6 is 23.2 Å². The SMILES string of the molecule is O=S(=O)(NCc1cccc2ccccc12)c1ccc(Cl)c(Cl)c1. The summed E-state index contributed by atoms with van der Waals surface area (Å²) in [5, 5.41) is 2.62. The van der Waals surface area contributed by atoms with Gasteiger partial charge in [-0.05, 0) is 34.5 Å². The molecule has 0 unspecified atom stereocenters. The molecule has 0 radical (unpaired) electrons. The third-order valence-electron chi connectivity index (χ3n) is 3.53. The Balaban J connectivity index is 1.87. The van der Waals surface area contributed by atoms with E-state index in [4.69, 9.17) is 23.2 Å². The predicted molar refractivity (Wildman–Crippen MR) is 94.4 cm³/mol. The van der Waals surface area contributed by atoms with Crippen molar-refractivity contribution in [1.82, 2.24) is 4.72 Å². The zero-order chi connectivity index (χ0) is 16.4. The number of nitrogens with one attached hydrogen (secondary N) is 1. The first-order valence-corrected chi connectivity index (χ1v) is 9.13. The van der Waals surface area contributed by atoms with Crippen LogP contribution in [0.25, 0.3) is 10.8 Å². The molecule has 0 aliphatic rings. The van der Waals surface area contributed by atoms with Gasteiger partial charge in [-0.25, -0.2) is 13.1 Å². The zero-order valence-corrected chi connectivity index (χ0v) is 14.3. The Morgan fingerprint density at radius 1 is 0.870 bits per heavy atom. The van der Waals surface area contributed by atoms with Crippen molar-refractivity contribution in [2.24, 2.45) is 0 Å². The van der Waals surface area contributed by atoms with Gasteiger partial charge in [-0.3, -0.25) is 0 Å². The molecule has 0 aliphatic heterocycles. The molecule has 0 fully saturated rings. The van der Waals surface area contributed by atoms with Crippen LogP contribution in [0.5, 0.6) is 0 Å². The molecule has 3 aromatic rings. The summed E-state index contributed by atoms with van der Waals surface area (Å²) in [4.78, 5) is 0.0899. The van der Waals surface area contributed by atoms with Gasteiger partial charge in [0.25, 0.3) is 0 Å². The number of halogens is 2. The average Bonchev–Trinajstić information content (AvgIpc) is 2.55. The van der Waals surface area contributed by atoms with Crippen LogP contribution in [-0.4, -0.2) is 8.42 Å². The summed E-state index contributed by atoms with van der Waals surface area (Å²) < 4.78 is 27.4. The lowest BCUT2D eigenvalue weighted by atomic mass is 10.1. The standard InChI is InChI=1S/C17H13Cl2NO2S/c18-16-9-8-14(10-17(16)19)23(21,22)20-11-13-6-3-5-12-4-1-2-7-15(12)13/h1-10,20H,11H2. The highest BCUT2D eigenvalue weighted by Crippen LogP contribution is 2.25. The average molecular weight is 366 g/mol. The molecule has 0 spiro atoms. The first-order chi connectivity index (χ1) is 11.0. The Bertz CT molecular complexity index is 966. The van der Waals surface area contributed by atoms with Gasteiger partial charge in [0.05, 0.1) is 14.9 Å². The molecule has 0 aliphatic carbocycles. The van der Waals surface area contributed by atoms with Gasteiger partial charge in [0.1, 0.15) is 0 Å². The summed E-state index contributed by atoms with van der Waals surface area (Å²) in [7, 11) is -3.66. The van der Waals surface area contributed by atoms with Gasteiger partial charge < -0.3 is 0 Å². The molecule has 0 heterocycles. The van der Waals surface area contributed by atoms with Crippen LogP contribution in [0, 0.1) is 0 Å². The molecule has 0 saturated carbocycles. The minimum absolute atomic E-state index is 0.0899. The third-order valence-corrected chi connectivity index (χ3v) is 5.67. The van der Waals surface area contributed by atoms with E-state index in [2.05, 4.69) is 4.72 Å². The number of hydrogen-bond donors (Lipinski definition) is 1. The van der Waals surface area contributed by atoms with Crippen LogP contribution < -0.4 is 4.72 Å². The van der Waals surface area contributed by atoms with E-state index in [1.165, 1.54) is 18.2 Å². The summed E-state index contributed by atoms with van der Waals surface area (Å²) in [5.74, 6) is 0. The molecular weight excluding hydrogens is 353 g/mol. The Morgan fingerprint density at radius 3 is 2.39 bits per heavy atom. The lowest BCUT2D eigenvalue weighted by Gasteiger charge is -2.10. The minimum atomic E-state index is -3.66. The van der Waals surface area contributed by atoms with E-state index in [0.717, 1.165) is 16.3 Å². The van der Waals surface area contributed by atoms with Gasteiger partial charge in [-0.1, -0.05) is 65.7 Å². The molecule has 6 heteroatoms. The summed E-state index contributed by atoms with van der Waals surface area (Å²) >= 11 is 11.7. The van der Waals surface area contributed by atoms with E-state index in [1.54, 1.807) is 0 Å². The molecule has 1 N–H and O–H groups in total. The molecule has 118 valence electrons. The first-order valence-electron chi connectivity index (χ1n) is 6.89. The fraction of sp³-hybridized carbons (Fsp3) is 0.0588. The van der Waals surface area contributed by atoms with Crippen molar-refractivity contribution in [2.45, 2.75) is 11.4 Å². The van der Waals surface area contributed by atoms with Gasteiger partial charge in [0.2, 0.25) is 10.0 Å². The summed E-state index contributed by atoms with van der Waals surface area (Å²) in [6, 6.07) is 17.9. The van der Waals surface area contributed by atoms with Gasteiger partial charge >= 0.3 is 0 Å². The largest absolute Gasteiger partial charge is 0.240 e. The van der Waals surface area contributed by atoms with E-state index in [9.17, 15) is 8.42 Å². The van der Waals surface area contributed by atoms with E-state index in [0.29, 0.717) is 5.02 Å². The zero-order valence-electron chi connectivity index (χ0n) is 12.0. The lowest BCUT2D eigenvalue weighted by Crippen LogP contribution is -2.23. The minimum Gasteiger partial charge on any atom is -0.207 e. The summed E-state index contributed by atoms with van der Waals surface area (Å²) in [5.41, 5.74) is 0.909. The number of benzene rings is 3. The molecule has 0 amide bonds. The van der Waals surface area contributed by atoms with Crippen molar-refractivity contribution in [2.75, 3.05) is 0 Å². The molecule has 3 aromatic carbocycles. The maximum absolute atomic E-state index is 12.4. The van der Waals surface area contributed by atoms with Gasteiger partial charge in [-0.15, -0.1) is 0 Å². The molecule has 0 atom stereocenters. The molecule has 23 heavy (non-hydrogen) atoms. The maximum atomic E-state index is 12.4. The topological polar surface area (TPSA) is 46.2 Å². The van der Waals surface area contributed by atoms with E-state index in [-0.39, 0.29) is 16.5 Å². The van der Waals surface area contributed by atoms with Crippen LogP contribution in [0.4, 0.5) is 0 Å². The highest BCUT2D eigenvalue weighted by molar-refractivity contribution is 7.89. The normalized spacial score (nSPS) is 11.7. The Hall–Kier alpha value is -1.59. The van der Waals surface area contributed by atoms with E-state index in [1.807, 2.05) is 42.5 Å². The number of fused-ring (bicyclic) bond motifs is 1. The lowest BCUT2D eigenvalue weighted by molar-refractivity contribution is 0.581. The van der Waals surface area contributed by atoms with Crippen molar-refractivity contribution in [1.29, 1.82) is 0 Å². The van der Waals surface area contributed by atoms with Crippen LogP contribution in [-0.2, 0) is 16.6 Å². The maximum Gasteiger partial charge on any atom is 0.240 e. The second kappa shape index (κ2) is 6.49. The van der Waals surface area contributed by atoms with Crippen LogP contribution in [0.1, 0.15) is 5.56 Å². The Kier molecular flexibility index (Phi) is 4.60. The Labute approximate surface area is 144 Å². The fourth-order valence-corrected chi connectivity index (χ4v) is 3.74. The van der Waals surface area contributed by atoms with Gasteiger partial charge in [0.15, 0.2) is 0 Å². The molecule has 3 rings (SSSR count). The van der Waals surface area contributed by atoms with Crippen molar-refractivity contribution < 1.29 is 8.42 Å². The fourth-order valence-electron chi connectivity index (χ4n) is 2.35. The molecule has 0 saturated heterocycles. The third kappa shape index (κ3) is 3.51. The number of hydrogen-bond acceptors (Lipinski definition) is 2. The number of sulfonamides is 1. The predicted octanol–water partition coefficient (Wildman–Crippen LogP) is 4.63. The smallest absolute Gasteiger partial charge is 0.207 e. The van der Waals surface area contributed by atoms with Gasteiger partial charge in [0, 0.05) is 6.54 Å². The second-order valence-electron chi connectivity index (χ2n) is 5.04. The molecule has 0 aromatic heterocycles. The quantitative estimate of drug-likeness (QED) is 0.732. The van der Waals surface area contributed by atoms with Gasteiger partial charge in [-0.2, -0.15) is 0 Å². The van der Waals surface area contributed by atoms with Crippen molar-refractivity contribution in [3.8, 4) is 0 Å². The number of rotatable bonds is 4. The van der Waals surface area contributed by atoms with E-state index < -0.39 is 10.0 Å². The Morgan fingerprint density at radius 2 is 1.61 bits per heavy atom. The van der Waals surface area contributed by atoms with Crippen LogP contribution in [0.15, 0.2) is 65.6 Å². The summed E-state index contributed by atoms with van der Waals surface area (Å²) in [6.07, 6.45) is 0. The second-order valence-corrected chi connectivity index (χ2v) is 7.62. The van der Waals surface area contributed by atoms with Crippen molar-refractivity contribution in [3.05, 3.63) is 76.3 Å². The summed E-state index contributed by atoms with van der Waals surface area (Å²) in [6.45, 7) is 0.198. The van der Waals surface area contributed by atoms with Crippen molar-refractivity contribution >= 4 is 44.0 Å². The first kappa shape index (κ1) is 16.3. The molecule has 0 bridgehead atoms. The highest BCUT2D eigenvalue weighted by atomic mass is 35.5. The van der Waals surface area contributed by atoms with Crippen molar-refractivity contribution in [3.63, 3.8) is 0 Å². The van der Waals surface area contributed by atoms with E-state index >= 15 is 0 Å². The molecular formula is C17H13Cl2NO2S.